The molecule has 0 saturated carbocycles. The molecule has 0 amide bonds. The van der Waals surface area contributed by atoms with Crippen LogP contribution < -0.4 is 0 Å². The number of para-hydroxylation sites is 1. The van der Waals surface area contributed by atoms with Crippen LogP contribution in [0.4, 0.5) is 4.39 Å². The second-order valence-corrected chi connectivity index (χ2v) is 4.78. The molecule has 0 aliphatic rings. The van der Waals surface area contributed by atoms with Gasteiger partial charge >= 0.3 is 0 Å². The number of hydrogen-bond donors (Lipinski definition) is 0. The molecule has 3 rings (SSSR count). The van der Waals surface area contributed by atoms with Gasteiger partial charge in [0.15, 0.2) is 5.78 Å². The number of nitrogens with zero attached hydrogens (tertiary/aromatic N) is 1. The predicted octanol–water partition coefficient (Wildman–Crippen LogP) is 4.26. The molecule has 0 spiro atoms. The number of ketones is 1. The van der Waals surface area contributed by atoms with Gasteiger partial charge < -0.3 is 0 Å². The van der Waals surface area contributed by atoms with Crippen molar-refractivity contribution in [1.29, 1.82) is 0 Å². The summed E-state index contributed by atoms with van der Waals surface area (Å²) in [5.74, 6) is -0.773. The third-order valence-electron chi connectivity index (χ3n) is 3.03. The Kier molecular flexibility index (Phi) is 3.20. The van der Waals surface area contributed by atoms with Crippen molar-refractivity contribution >= 4 is 28.3 Å². The molecular weight excluding hydrogens is 277 g/mol. The zero-order valence-electron chi connectivity index (χ0n) is 10.3. The fraction of sp³-hybridized carbons (Fsp3) is 0. The Morgan fingerprint density at radius 2 is 1.85 bits per heavy atom. The zero-order chi connectivity index (χ0) is 14.1. The fourth-order valence-electron chi connectivity index (χ4n) is 2.00. The summed E-state index contributed by atoms with van der Waals surface area (Å²) in [7, 11) is 0. The molecule has 0 radical (unpaired) electrons. The van der Waals surface area contributed by atoms with Crippen molar-refractivity contribution in [3.8, 4) is 0 Å². The predicted molar refractivity (Wildman–Crippen MR) is 76.6 cm³/mol. The average molecular weight is 286 g/mol. The molecule has 2 aromatic carbocycles. The lowest BCUT2D eigenvalue weighted by Crippen LogP contribution is -2.02. The highest BCUT2D eigenvalue weighted by Gasteiger charge is 2.12. The first-order valence-electron chi connectivity index (χ1n) is 6.00. The summed E-state index contributed by atoms with van der Waals surface area (Å²) in [6.45, 7) is 0. The zero-order valence-corrected chi connectivity index (χ0v) is 11.1. The molecule has 98 valence electrons. The molecule has 1 heterocycles. The number of carbonyl (C=O) groups is 1. The second kappa shape index (κ2) is 5.02. The number of pyridine rings is 1. The number of hydrogen-bond acceptors (Lipinski definition) is 2. The van der Waals surface area contributed by atoms with Crippen LogP contribution in [-0.4, -0.2) is 10.8 Å². The largest absolute Gasteiger partial charge is 0.289 e. The maximum atomic E-state index is 13.1. The molecule has 0 bridgehead atoms. The van der Waals surface area contributed by atoms with E-state index in [-0.39, 0.29) is 10.8 Å². The normalized spacial score (nSPS) is 10.7. The minimum atomic E-state index is -0.542. The van der Waals surface area contributed by atoms with Gasteiger partial charge in [-0.05, 0) is 30.3 Å². The van der Waals surface area contributed by atoms with Crippen molar-refractivity contribution < 1.29 is 9.18 Å². The highest BCUT2D eigenvalue weighted by molar-refractivity contribution is 6.31. The summed E-state index contributed by atoms with van der Waals surface area (Å²) in [6, 6.07) is 13.2. The molecule has 20 heavy (non-hydrogen) atoms. The monoisotopic (exact) mass is 285 g/mol. The first-order valence-corrected chi connectivity index (χ1v) is 6.37. The molecule has 0 aliphatic heterocycles. The summed E-state index contributed by atoms with van der Waals surface area (Å²) >= 11 is 5.70. The quantitative estimate of drug-likeness (QED) is 0.659. The van der Waals surface area contributed by atoms with Crippen LogP contribution in [0.2, 0.25) is 5.02 Å². The van der Waals surface area contributed by atoms with Gasteiger partial charge in [-0.25, -0.2) is 4.39 Å². The van der Waals surface area contributed by atoms with E-state index >= 15 is 0 Å². The third-order valence-corrected chi connectivity index (χ3v) is 3.32. The summed E-state index contributed by atoms with van der Waals surface area (Å²) < 4.78 is 13.1. The Morgan fingerprint density at radius 1 is 1.05 bits per heavy atom. The summed E-state index contributed by atoms with van der Waals surface area (Å²) in [5, 5.41) is 0.816. The summed E-state index contributed by atoms with van der Waals surface area (Å²) in [5.41, 5.74) is 1.61. The van der Waals surface area contributed by atoms with Gasteiger partial charge in [0.2, 0.25) is 0 Å². The Labute approximate surface area is 119 Å². The van der Waals surface area contributed by atoms with E-state index in [9.17, 15) is 9.18 Å². The minimum absolute atomic E-state index is 0.0652. The van der Waals surface area contributed by atoms with E-state index in [2.05, 4.69) is 4.98 Å². The lowest BCUT2D eigenvalue weighted by molar-refractivity contribution is 0.103. The lowest BCUT2D eigenvalue weighted by Gasteiger charge is -2.04. The highest BCUT2D eigenvalue weighted by Crippen LogP contribution is 2.20. The minimum Gasteiger partial charge on any atom is -0.289 e. The van der Waals surface area contributed by atoms with E-state index in [4.69, 9.17) is 11.6 Å². The van der Waals surface area contributed by atoms with Crippen molar-refractivity contribution in [2.24, 2.45) is 0 Å². The molecule has 0 unspecified atom stereocenters. The van der Waals surface area contributed by atoms with Crippen LogP contribution in [0.3, 0.4) is 0 Å². The molecule has 0 atom stereocenters. The topological polar surface area (TPSA) is 30.0 Å². The van der Waals surface area contributed by atoms with E-state index < -0.39 is 5.82 Å². The molecule has 0 aliphatic carbocycles. The molecule has 0 fully saturated rings. The van der Waals surface area contributed by atoms with Crippen LogP contribution >= 0.6 is 11.6 Å². The van der Waals surface area contributed by atoms with Gasteiger partial charge in [-0.2, -0.15) is 0 Å². The van der Waals surface area contributed by atoms with Crippen molar-refractivity contribution in [3.05, 3.63) is 76.7 Å². The van der Waals surface area contributed by atoms with Crippen LogP contribution in [0.5, 0.6) is 0 Å². The Hall–Kier alpha value is -2.26. The number of benzene rings is 2. The molecule has 1 aromatic heterocycles. The number of carbonyl (C=O) groups excluding carboxylic acids is 1. The SMILES string of the molecule is O=C(c1ccc(F)c(Cl)c1)c1cnc2ccccc2c1. The first-order chi connectivity index (χ1) is 9.65. The molecular formula is C16H9ClFNO. The van der Waals surface area contributed by atoms with E-state index in [1.165, 1.54) is 24.4 Å². The molecule has 3 aromatic rings. The van der Waals surface area contributed by atoms with Crippen LogP contribution in [-0.2, 0) is 0 Å². The van der Waals surface area contributed by atoms with Crippen LogP contribution in [0.1, 0.15) is 15.9 Å². The first kappa shape index (κ1) is 12.8. The number of aromatic nitrogens is 1. The van der Waals surface area contributed by atoms with Crippen LogP contribution in [0, 0.1) is 5.82 Å². The Morgan fingerprint density at radius 3 is 2.65 bits per heavy atom. The van der Waals surface area contributed by atoms with Gasteiger partial charge in [0.05, 0.1) is 10.5 Å². The van der Waals surface area contributed by atoms with E-state index in [1.807, 2.05) is 24.3 Å². The second-order valence-electron chi connectivity index (χ2n) is 4.37. The molecule has 4 heteroatoms. The lowest BCUT2D eigenvalue weighted by atomic mass is 10.0. The van der Waals surface area contributed by atoms with Crippen molar-refractivity contribution in [2.45, 2.75) is 0 Å². The molecule has 0 N–H and O–H groups in total. The maximum absolute atomic E-state index is 13.1. The molecule has 0 saturated heterocycles. The van der Waals surface area contributed by atoms with Crippen molar-refractivity contribution in [2.75, 3.05) is 0 Å². The van der Waals surface area contributed by atoms with Gasteiger partial charge in [0.1, 0.15) is 5.82 Å². The Balaban J connectivity index is 2.05. The van der Waals surface area contributed by atoms with Crippen LogP contribution in [0.25, 0.3) is 10.9 Å². The van der Waals surface area contributed by atoms with Crippen molar-refractivity contribution in [3.63, 3.8) is 0 Å². The number of halogens is 2. The number of fused-ring (bicyclic) bond motifs is 1. The maximum Gasteiger partial charge on any atom is 0.194 e. The van der Waals surface area contributed by atoms with Gasteiger partial charge in [-0.15, -0.1) is 0 Å². The summed E-state index contributed by atoms with van der Waals surface area (Å²) in [6.07, 6.45) is 1.52. The smallest absolute Gasteiger partial charge is 0.194 e. The summed E-state index contributed by atoms with van der Waals surface area (Å²) in [4.78, 5) is 16.6. The van der Waals surface area contributed by atoms with Gasteiger partial charge in [0, 0.05) is 22.7 Å². The van der Waals surface area contributed by atoms with Crippen LogP contribution in [0.15, 0.2) is 54.7 Å². The average Bonchev–Trinajstić information content (AvgIpc) is 2.49. The van der Waals surface area contributed by atoms with E-state index in [0.717, 1.165) is 10.9 Å². The van der Waals surface area contributed by atoms with E-state index in [1.54, 1.807) is 6.07 Å². The third kappa shape index (κ3) is 2.28. The highest BCUT2D eigenvalue weighted by atomic mass is 35.5. The van der Waals surface area contributed by atoms with Gasteiger partial charge in [-0.1, -0.05) is 29.8 Å². The molecule has 2 nitrogen and oxygen atoms in total. The van der Waals surface area contributed by atoms with Crippen molar-refractivity contribution in [1.82, 2.24) is 4.98 Å². The van der Waals surface area contributed by atoms with Gasteiger partial charge in [0.25, 0.3) is 0 Å². The van der Waals surface area contributed by atoms with E-state index in [0.29, 0.717) is 11.1 Å². The standard InChI is InChI=1S/C16H9ClFNO/c17-13-8-11(5-6-14(13)18)16(20)12-7-10-3-1-2-4-15(10)19-9-12/h1-9H. The Bertz CT molecular complexity index is 816. The number of rotatable bonds is 2. The van der Waals surface area contributed by atoms with Gasteiger partial charge in [-0.3, -0.25) is 9.78 Å². The fourth-order valence-corrected chi connectivity index (χ4v) is 2.18.